The van der Waals surface area contributed by atoms with Crippen LogP contribution in [0.1, 0.15) is 26.2 Å². The van der Waals surface area contributed by atoms with E-state index in [1.807, 2.05) is 7.05 Å². The van der Waals surface area contributed by atoms with Crippen molar-refractivity contribution < 1.29 is 0 Å². The highest BCUT2D eigenvalue weighted by Crippen LogP contribution is 2.18. The van der Waals surface area contributed by atoms with Crippen LogP contribution in [0.2, 0.25) is 0 Å². The summed E-state index contributed by atoms with van der Waals surface area (Å²) in [6.07, 6.45) is 3.47. The predicted octanol–water partition coefficient (Wildman–Crippen LogP) is 1.27. The van der Waals surface area contributed by atoms with Crippen LogP contribution in [0.4, 0.5) is 17.8 Å². The molecule has 0 radical (unpaired) electrons. The largest absolute Gasteiger partial charge is 0.357 e. The summed E-state index contributed by atoms with van der Waals surface area (Å²) in [7, 11) is 6.00. The molecule has 1 aliphatic heterocycles. The molecule has 118 valence electrons. The number of hydrogen-bond acceptors (Lipinski definition) is 7. The SMILES string of the molecule is CNc1nc(NC(C)CCN(C)C)nc(N2CCCC2)n1. The van der Waals surface area contributed by atoms with Gasteiger partial charge in [0.05, 0.1) is 0 Å². The quantitative estimate of drug-likeness (QED) is 0.784. The fraction of sp³-hybridized carbons (Fsp3) is 0.786. The first-order chi connectivity index (χ1) is 10.1. The molecule has 0 saturated carbocycles. The summed E-state index contributed by atoms with van der Waals surface area (Å²) >= 11 is 0. The molecule has 2 rings (SSSR count). The number of nitrogens with one attached hydrogen (secondary N) is 2. The Morgan fingerprint density at radius 2 is 1.81 bits per heavy atom. The zero-order chi connectivity index (χ0) is 15.2. The third kappa shape index (κ3) is 4.70. The van der Waals surface area contributed by atoms with Crippen LogP contribution in [0.3, 0.4) is 0 Å². The fourth-order valence-electron chi connectivity index (χ4n) is 2.34. The first-order valence-corrected chi connectivity index (χ1v) is 7.68. The minimum Gasteiger partial charge on any atom is -0.357 e. The second-order valence-corrected chi connectivity index (χ2v) is 5.86. The third-order valence-electron chi connectivity index (χ3n) is 3.62. The first kappa shape index (κ1) is 15.8. The van der Waals surface area contributed by atoms with Crippen molar-refractivity contribution in [3.8, 4) is 0 Å². The molecular weight excluding hydrogens is 266 g/mol. The molecule has 7 nitrogen and oxygen atoms in total. The summed E-state index contributed by atoms with van der Waals surface area (Å²) in [6.45, 7) is 5.25. The van der Waals surface area contributed by atoms with Gasteiger partial charge in [0.25, 0.3) is 0 Å². The van der Waals surface area contributed by atoms with E-state index in [0.717, 1.165) is 32.0 Å². The van der Waals surface area contributed by atoms with Gasteiger partial charge in [-0.05, 0) is 46.8 Å². The van der Waals surface area contributed by atoms with Crippen molar-refractivity contribution in [2.24, 2.45) is 0 Å². The summed E-state index contributed by atoms with van der Waals surface area (Å²) in [5.74, 6) is 2.05. The zero-order valence-electron chi connectivity index (χ0n) is 13.6. The normalized spacial score (nSPS) is 16.3. The summed E-state index contributed by atoms with van der Waals surface area (Å²) < 4.78 is 0. The molecule has 0 spiro atoms. The van der Waals surface area contributed by atoms with Crippen LogP contribution in [-0.4, -0.2) is 66.7 Å². The lowest BCUT2D eigenvalue weighted by molar-refractivity contribution is 0.390. The van der Waals surface area contributed by atoms with Crippen molar-refractivity contribution in [2.45, 2.75) is 32.2 Å². The molecule has 2 N–H and O–H groups in total. The topological polar surface area (TPSA) is 69.2 Å². The molecule has 1 fully saturated rings. The highest BCUT2D eigenvalue weighted by molar-refractivity contribution is 5.44. The van der Waals surface area contributed by atoms with E-state index < -0.39 is 0 Å². The Bertz CT molecular complexity index is 443. The van der Waals surface area contributed by atoms with Crippen LogP contribution in [-0.2, 0) is 0 Å². The summed E-state index contributed by atoms with van der Waals surface area (Å²) in [5.41, 5.74) is 0. The molecule has 0 aliphatic carbocycles. The zero-order valence-corrected chi connectivity index (χ0v) is 13.6. The van der Waals surface area contributed by atoms with E-state index in [-0.39, 0.29) is 0 Å². The van der Waals surface area contributed by atoms with E-state index in [1.165, 1.54) is 12.8 Å². The van der Waals surface area contributed by atoms with Crippen molar-refractivity contribution in [3.63, 3.8) is 0 Å². The maximum Gasteiger partial charge on any atom is 0.231 e. The lowest BCUT2D eigenvalue weighted by atomic mass is 10.2. The average molecular weight is 293 g/mol. The van der Waals surface area contributed by atoms with Crippen LogP contribution in [0.25, 0.3) is 0 Å². The number of anilines is 3. The summed E-state index contributed by atoms with van der Waals surface area (Å²) in [6, 6.07) is 0.325. The number of aromatic nitrogens is 3. The molecule has 21 heavy (non-hydrogen) atoms. The minimum absolute atomic E-state index is 0.325. The predicted molar refractivity (Wildman–Crippen MR) is 87.1 cm³/mol. The smallest absolute Gasteiger partial charge is 0.231 e. The van der Waals surface area contributed by atoms with Crippen molar-refractivity contribution in [1.29, 1.82) is 0 Å². The molecule has 1 saturated heterocycles. The molecule has 0 bridgehead atoms. The van der Waals surface area contributed by atoms with Crippen molar-refractivity contribution in [3.05, 3.63) is 0 Å². The third-order valence-corrected chi connectivity index (χ3v) is 3.62. The van der Waals surface area contributed by atoms with E-state index in [9.17, 15) is 0 Å². The van der Waals surface area contributed by atoms with E-state index >= 15 is 0 Å². The number of hydrogen-bond donors (Lipinski definition) is 2. The van der Waals surface area contributed by atoms with Gasteiger partial charge >= 0.3 is 0 Å². The second-order valence-electron chi connectivity index (χ2n) is 5.86. The molecule has 2 heterocycles. The molecule has 1 unspecified atom stereocenters. The van der Waals surface area contributed by atoms with Gasteiger partial charge in [0.15, 0.2) is 0 Å². The van der Waals surface area contributed by atoms with Crippen LogP contribution in [0, 0.1) is 0 Å². The van der Waals surface area contributed by atoms with Gasteiger partial charge in [-0.15, -0.1) is 0 Å². The second kappa shape index (κ2) is 7.40. The van der Waals surface area contributed by atoms with E-state index in [1.54, 1.807) is 0 Å². The first-order valence-electron chi connectivity index (χ1n) is 7.68. The molecule has 0 amide bonds. The Kier molecular flexibility index (Phi) is 5.55. The lowest BCUT2D eigenvalue weighted by Crippen LogP contribution is -2.26. The lowest BCUT2D eigenvalue weighted by Gasteiger charge is -2.19. The standard InChI is InChI=1S/C14H27N7/c1-11(7-10-20(3)4)16-13-17-12(15-2)18-14(19-13)21-8-5-6-9-21/h11H,5-10H2,1-4H3,(H2,15,16,17,18,19). The number of rotatable bonds is 7. The Balaban J connectivity index is 2.05. The van der Waals surface area contributed by atoms with Crippen LogP contribution >= 0.6 is 0 Å². The molecule has 1 aromatic rings. The number of nitrogens with zero attached hydrogens (tertiary/aromatic N) is 5. The van der Waals surface area contributed by atoms with Crippen molar-refractivity contribution >= 4 is 17.8 Å². The maximum absolute atomic E-state index is 4.57. The van der Waals surface area contributed by atoms with Gasteiger partial charge < -0.3 is 20.4 Å². The van der Waals surface area contributed by atoms with Crippen molar-refractivity contribution in [1.82, 2.24) is 19.9 Å². The molecule has 0 aromatic carbocycles. The van der Waals surface area contributed by atoms with Gasteiger partial charge in [-0.25, -0.2) is 0 Å². The summed E-state index contributed by atoms with van der Waals surface area (Å²) in [4.78, 5) is 17.8. The van der Waals surface area contributed by atoms with Crippen LogP contribution in [0.15, 0.2) is 0 Å². The molecule has 1 aromatic heterocycles. The molecular formula is C14H27N7. The van der Waals surface area contributed by atoms with Gasteiger partial charge in [-0.3, -0.25) is 0 Å². The van der Waals surface area contributed by atoms with Gasteiger partial charge in [0, 0.05) is 26.2 Å². The minimum atomic E-state index is 0.325. The Morgan fingerprint density at radius 3 is 2.43 bits per heavy atom. The monoisotopic (exact) mass is 293 g/mol. The van der Waals surface area contributed by atoms with Crippen LogP contribution < -0.4 is 15.5 Å². The van der Waals surface area contributed by atoms with Crippen molar-refractivity contribution in [2.75, 3.05) is 56.3 Å². The molecule has 1 aliphatic rings. The van der Waals surface area contributed by atoms with E-state index in [4.69, 9.17) is 0 Å². The van der Waals surface area contributed by atoms with E-state index in [2.05, 4.69) is 56.4 Å². The molecule has 1 atom stereocenters. The van der Waals surface area contributed by atoms with Gasteiger partial charge in [0.1, 0.15) is 0 Å². The van der Waals surface area contributed by atoms with Gasteiger partial charge in [-0.2, -0.15) is 15.0 Å². The highest BCUT2D eigenvalue weighted by Gasteiger charge is 2.17. The fourth-order valence-corrected chi connectivity index (χ4v) is 2.34. The Labute approximate surface area is 127 Å². The Morgan fingerprint density at radius 1 is 1.14 bits per heavy atom. The van der Waals surface area contributed by atoms with Crippen LogP contribution in [0.5, 0.6) is 0 Å². The summed E-state index contributed by atoms with van der Waals surface area (Å²) in [5, 5.41) is 6.40. The molecule has 7 heteroatoms. The highest BCUT2D eigenvalue weighted by atomic mass is 15.3. The van der Waals surface area contributed by atoms with Gasteiger partial charge in [-0.1, -0.05) is 0 Å². The van der Waals surface area contributed by atoms with E-state index in [0.29, 0.717) is 17.9 Å². The van der Waals surface area contributed by atoms with Gasteiger partial charge in [0.2, 0.25) is 17.8 Å². The maximum atomic E-state index is 4.57. The average Bonchev–Trinajstić information content (AvgIpc) is 2.99. The Hall–Kier alpha value is -1.63.